The number of hydrogen-bond donors (Lipinski definition) is 0. The van der Waals surface area contributed by atoms with Crippen molar-refractivity contribution in [1.29, 1.82) is 5.26 Å². The number of hydrogen-bond acceptors (Lipinski definition) is 1. The van der Waals surface area contributed by atoms with Crippen LogP contribution >= 0.6 is 0 Å². The van der Waals surface area contributed by atoms with Crippen LogP contribution in [0.25, 0.3) is 0 Å². The summed E-state index contributed by atoms with van der Waals surface area (Å²) in [7, 11) is 0. The molecule has 1 heteroatoms. The summed E-state index contributed by atoms with van der Waals surface area (Å²) < 4.78 is 0. The quantitative estimate of drug-likeness (QED) is 0.491. The van der Waals surface area contributed by atoms with Crippen LogP contribution in [0.2, 0.25) is 0 Å². The molecule has 0 aromatic rings. The highest BCUT2D eigenvalue weighted by molar-refractivity contribution is 4.93. The Bertz CT molecular complexity index is 192. The first kappa shape index (κ1) is 23.5. The molecule has 0 aliphatic heterocycles. The maximum atomic E-state index is 7.51. The molecule has 0 aromatic heterocycles. The first-order chi connectivity index (χ1) is 7.66. The van der Waals surface area contributed by atoms with E-state index >= 15 is 0 Å². The fraction of sp³-hybridized carbons (Fsp3) is 0. The van der Waals surface area contributed by atoms with Gasteiger partial charge < -0.3 is 0 Å². The minimum Gasteiger partial charge on any atom is -0.193 e. The first-order valence-electron chi connectivity index (χ1n) is 4.37. The van der Waals surface area contributed by atoms with Gasteiger partial charge in [0.1, 0.15) is 0 Å². The predicted octanol–water partition coefficient (Wildman–Crippen LogP) is 4.77. The van der Waals surface area contributed by atoms with Gasteiger partial charge in [-0.2, -0.15) is 5.26 Å². The van der Waals surface area contributed by atoms with Gasteiger partial charge in [-0.15, -0.1) is 0 Å². The van der Waals surface area contributed by atoms with Crippen molar-refractivity contribution in [2.24, 2.45) is 0 Å². The lowest BCUT2D eigenvalue weighted by atomic mass is 10.6. The van der Waals surface area contributed by atoms with Gasteiger partial charge in [0.2, 0.25) is 0 Å². The lowest BCUT2D eigenvalue weighted by Gasteiger charge is -1.44. The van der Waals surface area contributed by atoms with Crippen LogP contribution < -0.4 is 0 Å². The second-order valence-electron chi connectivity index (χ2n) is 1.75. The second kappa shape index (κ2) is 53.7. The van der Waals surface area contributed by atoms with E-state index in [0.717, 1.165) is 0 Å². The largest absolute Gasteiger partial charge is 0.193 e. The topological polar surface area (TPSA) is 23.8 Å². The SMILES string of the molecule is C=CC#N.C=CC=C.C=CC=C.C=CC=C. The minimum absolute atomic E-state index is 1.18. The molecule has 0 aliphatic carbocycles. The van der Waals surface area contributed by atoms with E-state index in [1.165, 1.54) is 6.08 Å². The van der Waals surface area contributed by atoms with Gasteiger partial charge in [-0.3, -0.25) is 0 Å². The molecule has 0 unspecified atom stereocenters. The first-order valence-corrected chi connectivity index (χ1v) is 4.37. The molecule has 0 bridgehead atoms. The Balaban J connectivity index is -0.0000000600. The zero-order chi connectivity index (χ0) is 13.7. The molecule has 0 amide bonds. The molecule has 0 radical (unpaired) electrons. The van der Waals surface area contributed by atoms with Gasteiger partial charge in [0.15, 0.2) is 0 Å². The standard InChI is InChI=1S/3C4H6.C3H3N/c3*1-3-4-2;1-2-3-4/h3*3-4H,1-2H2;2H,1H2. The number of nitrogens with zero attached hydrogens (tertiary/aromatic N) is 1. The Hall–Kier alpha value is -2.33. The van der Waals surface area contributed by atoms with Crippen LogP contribution in [-0.4, -0.2) is 0 Å². The summed E-state index contributed by atoms with van der Waals surface area (Å²) in [5.74, 6) is 0. The smallest absolute Gasteiger partial charge is 0.0905 e. The molecule has 0 N–H and O–H groups in total. The average molecular weight is 215 g/mol. The lowest BCUT2D eigenvalue weighted by molar-refractivity contribution is 1.54. The van der Waals surface area contributed by atoms with E-state index in [1.54, 1.807) is 42.5 Å². The Labute approximate surface area is 100 Å². The Kier molecular flexibility index (Phi) is 78.7. The van der Waals surface area contributed by atoms with Crippen molar-refractivity contribution in [3.05, 3.63) is 88.6 Å². The highest BCUT2D eigenvalue weighted by Crippen LogP contribution is 1.53. The van der Waals surface area contributed by atoms with Crippen molar-refractivity contribution in [3.63, 3.8) is 0 Å². The van der Waals surface area contributed by atoms with Crippen molar-refractivity contribution < 1.29 is 0 Å². The predicted molar refractivity (Wildman–Crippen MR) is 77.0 cm³/mol. The van der Waals surface area contributed by atoms with Gasteiger partial charge >= 0.3 is 0 Å². The number of rotatable bonds is 3. The van der Waals surface area contributed by atoms with E-state index in [-0.39, 0.29) is 0 Å². The van der Waals surface area contributed by atoms with E-state index in [4.69, 9.17) is 5.26 Å². The van der Waals surface area contributed by atoms with E-state index in [0.29, 0.717) is 0 Å². The second-order valence-corrected chi connectivity index (χ2v) is 1.75. The molecule has 0 rings (SSSR count). The van der Waals surface area contributed by atoms with E-state index in [9.17, 15) is 0 Å². The Morgan fingerprint density at radius 3 is 0.688 bits per heavy atom. The minimum atomic E-state index is 1.18. The molecule has 0 spiro atoms. The molecule has 86 valence electrons. The number of nitriles is 1. The highest BCUT2D eigenvalue weighted by Gasteiger charge is 1.34. The molecule has 1 nitrogen and oxygen atoms in total. The van der Waals surface area contributed by atoms with Gasteiger partial charge in [-0.25, -0.2) is 0 Å². The maximum absolute atomic E-state index is 7.51. The maximum Gasteiger partial charge on any atom is 0.0905 e. The molecule has 0 atom stereocenters. The van der Waals surface area contributed by atoms with Crippen molar-refractivity contribution in [2.75, 3.05) is 0 Å². The van der Waals surface area contributed by atoms with Crippen molar-refractivity contribution >= 4 is 0 Å². The van der Waals surface area contributed by atoms with E-state index < -0.39 is 0 Å². The third kappa shape index (κ3) is 476. The molecule has 0 heterocycles. The molecular weight excluding hydrogens is 194 g/mol. The molecule has 0 aromatic carbocycles. The van der Waals surface area contributed by atoms with Crippen molar-refractivity contribution in [2.45, 2.75) is 0 Å². The summed E-state index contributed by atoms with van der Waals surface area (Å²) in [4.78, 5) is 0. The van der Waals surface area contributed by atoms with Crippen LogP contribution in [-0.2, 0) is 0 Å². The Morgan fingerprint density at radius 2 is 0.688 bits per heavy atom. The summed E-state index contributed by atoms with van der Waals surface area (Å²) in [5, 5.41) is 7.51. The van der Waals surface area contributed by atoms with E-state index in [1.807, 2.05) is 0 Å². The highest BCUT2D eigenvalue weighted by atomic mass is 14.2. The van der Waals surface area contributed by atoms with Gasteiger partial charge in [-0.05, 0) is 0 Å². The summed E-state index contributed by atoms with van der Waals surface area (Å²) in [5.41, 5.74) is 0. The van der Waals surface area contributed by atoms with Gasteiger partial charge in [0, 0.05) is 6.08 Å². The van der Waals surface area contributed by atoms with Crippen molar-refractivity contribution in [3.8, 4) is 6.07 Å². The monoisotopic (exact) mass is 215 g/mol. The fourth-order valence-electron chi connectivity index (χ4n) is 0. The van der Waals surface area contributed by atoms with Crippen LogP contribution in [0.3, 0.4) is 0 Å². The summed E-state index contributed by atoms with van der Waals surface area (Å²) in [6, 6.07) is 1.69. The van der Waals surface area contributed by atoms with Crippen molar-refractivity contribution in [1.82, 2.24) is 0 Å². The molecule has 0 fully saturated rings. The zero-order valence-electron chi connectivity index (χ0n) is 9.94. The summed E-state index contributed by atoms with van der Waals surface area (Å²) in [6.07, 6.45) is 11.0. The zero-order valence-corrected chi connectivity index (χ0v) is 9.94. The third-order valence-electron chi connectivity index (χ3n) is 0.591. The summed E-state index contributed by atoms with van der Waals surface area (Å²) in [6.45, 7) is 23.3. The molecule has 0 saturated heterocycles. The summed E-state index contributed by atoms with van der Waals surface area (Å²) >= 11 is 0. The van der Waals surface area contributed by atoms with Crippen LogP contribution in [0.4, 0.5) is 0 Å². The van der Waals surface area contributed by atoms with Crippen LogP contribution in [0.15, 0.2) is 88.6 Å². The lowest BCUT2D eigenvalue weighted by Crippen LogP contribution is -1.23. The average Bonchev–Trinajstić information content (AvgIpc) is 2.39. The Morgan fingerprint density at radius 1 is 0.562 bits per heavy atom. The molecule has 0 saturated carbocycles. The van der Waals surface area contributed by atoms with Gasteiger partial charge in [0.25, 0.3) is 0 Å². The van der Waals surface area contributed by atoms with Gasteiger partial charge in [0.05, 0.1) is 6.07 Å². The fourth-order valence-corrected chi connectivity index (χ4v) is 0. The van der Waals surface area contributed by atoms with Crippen LogP contribution in [0.1, 0.15) is 0 Å². The van der Waals surface area contributed by atoms with Crippen LogP contribution in [0, 0.1) is 11.3 Å². The third-order valence-corrected chi connectivity index (χ3v) is 0.591. The van der Waals surface area contributed by atoms with Gasteiger partial charge in [-0.1, -0.05) is 82.5 Å². The van der Waals surface area contributed by atoms with E-state index in [2.05, 4.69) is 46.1 Å². The molecular formula is C15H21N. The number of allylic oxidation sites excluding steroid dienone is 7. The molecule has 16 heavy (non-hydrogen) atoms. The van der Waals surface area contributed by atoms with Crippen LogP contribution in [0.5, 0.6) is 0 Å². The molecule has 0 aliphatic rings. The normalized spacial score (nSPS) is 4.69.